The lowest BCUT2D eigenvalue weighted by atomic mass is 9.66. The van der Waals surface area contributed by atoms with Gasteiger partial charge in [-0.15, -0.1) is 6.58 Å². The third-order valence-corrected chi connectivity index (χ3v) is 11.6. The summed E-state index contributed by atoms with van der Waals surface area (Å²) in [5, 5.41) is 1.26. The van der Waals surface area contributed by atoms with Crippen LogP contribution in [0, 0.1) is 5.41 Å². The molecule has 5 nitrogen and oxygen atoms in total. The number of sulfonamides is 1. The molecular weight excluding hydrogens is 599 g/mol. The highest BCUT2D eigenvalue weighted by Gasteiger charge is 2.57. The quantitative estimate of drug-likeness (QED) is 0.208. The van der Waals surface area contributed by atoms with E-state index < -0.39 is 21.0 Å². The number of benzene rings is 3. The monoisotopic (exact) mass is 638 g/mol. The average molecular weight is 640 g/mol. The van der Waals surface area contributed by atoms with E-state index in [2.05, 4.69) is 17.5 Å². The van der Waals surface area contributed by atoms with E-state index >= 15 is 4.79 Å². The summed E-state index contributed by atoms with van der Waals surface area (Å²) in [7, 11) is -3.65. The minimum absolute atomic E-state index is 0.0359. The molecular formula is C35H40Cl2N2O3S. The maximum absolute atomic E-state index is 15.0. The number of halogens is 2. The van der Waals surface area contributed by atoms with Gasteiger partial charge in [0.15, 0.2) is 0 Å². The molecule has 0 aromatic heterocycles. The SMILES string of the molecule is C=CC[C@@]1(C)C[C@H](c2cccc(Cl)c2)C(c2ccc(Cl)cc2)N(C2(CN(c3ccccc3)S(=O)(=O)CC)CCCC2)C1=O. The summed E-state index contributed by atoms with van der Waals surface area (Å²) < 4.78 is 29.0. The van der Waals surface area contributed by atoms with Crippen LogP contribution in [0.25, 0.3) is 0 Å². The number of hydrogen-bond acceptors (Lipinski definition) is 3. The zero-order valence-electron chi connectivity index (χ0n) is 24.9. The minimum atomic E-state index is -3.65. The van der Waals surface area contributed by atoms with Crippen molar-refractivity contribution < 1.29 is 13.2 Å². The Morgan fingerprint density at radius 3 is 2.23 bits per heavy atom. The summed E-state index contributed by atoms with van der Waals surface area (Å²) in [5.74, 6) is -0.0892. The Morgan fingerprint density at radius 2 is 1.63 bits per heavy atom. The second kappa shape index (κ2) is 12.7. The zero-order valence-corrected chi connectivity index (χ0v) is 27.2. The molecule has 1 saturated carbocycles. The maximum Gasteiger partial charge on any atom is 0.234 e. The molecule has 3 aromatic carbocycles. The van der Waals surface area contributed by atoms with Crippen LogP contribution < -0.4 is 4.31 Å². The number of likely N-dealkylation sites (tertiary alicyclic amines) is 1. The number of rotatable bonds is 10. The van der Waals surface area contributed by atoms with Crippen LogP contribution in [0.1, 0.15) is 75.5 Å². The van der Waals surface area contributed by atoms with Crippen LogP contribution in [0.3, 0.4) is 0 Å². The summed E-state index contributed by atoms with van der Waals surface area (Å²) in [4.78, 5) is 17.1. The fourth-order valence-corrected chi connectivity index (χ4v) is 8.75. The number of carbonyl (C=O) groups is 1. The van der Waals surface area contributed by atoms with Crippen molar-refractivity contribution in [2.45, 2.75) is 69.9 Å². The highest BCUT2D eigenvalue weighted by Crippen LogP contribution is 2.56. The third-order valence-electron chi connectivity index (χ3n) is 9.38. The van der Waals surface area contributed by atoms with Gasteiger partial charge >= 0.3 is 0 Å². The first-order valence-electron chi connectivity index (χ1n) is 15.0. The number of anilines is 1. The lowest BCUT2D eigenvalue weighted by molar-refractivity contribution is -0.160. The van der Waals surface area contributed by atoms with Gasteiger partial charge in [-0.25, -0.2) is 8.42 Å². The van der Waals surface area contributed by atoms with Crippen molar-refractivity contribution in [2.24, 2.45) is 5.41 Å². The van der Waals surface area contributed by atoms with Gasteiger partial charge in [0.05, 0.1) is 35.0 Å². The molecule has 1 heterocycles. The molecule has 2 aliphatic rings. The van der Waals surface area contributed by atoms with Crippen molar-refractivity contribution in [1.82, 2.24) is 4.90 Å². The molecule has 3 atom stereocenters. The van der Waals surface area contributed by atoms with Crippen LogP contribution in [0.5, 0.6) is 0 Å². The first-order valence-corrected chi connectivity index (χ1v) is 17.4. The van der Waals surface area contributed by atoms with Crippen LogP contribution in [-0.4, -0.2) is 37.1 Å². The molecule has 1 amide bonds. The van der Waals surface area contributed by atoms with Crippen molar-refractivity contribution in [3.8, 4) is 0 Å². The Balaban J connectivity index is 1.74. The first-order chi connectivity index (χ1) is 20.5. The second-order valence-electron chi connectivity index (χ2n) is 12.3. The Kier molecular flexibility index (Phi) is 9.31. The zero-order chi connectivity index (χ0) is 30.8. The van der Waals surface area contributed by atoms with Crippen LogP contribution >= 0.6 is 23.2 Å². The van der Waals surface area contributed by atoms with Gasteiger partial charge in [-0.1, -0.05) is 91.5 Å². The number of hydrogen-bond donors (Lipinski definition) is 0. The second-order valence-corrected chi connectivity index (χ2v) is 15.3. The summed E-state index contributed by atoms with van der Waals surface area (Å²) in [5.41, 5.74) is 1.19. The lowest BCUT2D eigenvalue weighted by Crippen LogP contribution is -2.64. The standard InChI is InChI=1S/C35H40Cl2N2O3S/c1-4-20-34(3)24-31(27-12-11-13-29(37)23-27)32(26-16-18-28(36)19-17-26)39(33(34)40)35(21-9-10-22-35)25-38(43(41,42)5-2)30-14-7-6-8-15-30/h4,6-8,11-19,23,31-32H,1,5,9-10,20-22,24-25H2,2-3H3/t31-,32?,34+/m1/s1. The number of allylic oxidation sites excluding steroid dienone is 1. The smallest absolute Gasteiger partial charge is 0.234 e. The van der Waals surface area contributed by atoms with E-state index in [-0.39, 0.29) is 30.2 Å². The van der Waals surface area contributed by atoms with Crippen LogP contribution in [0.15, 0.2) is 91.5 Å². The number of piperidine rings is 1. The van der Waals surface area contributed by atoms with Crippen molar-refractivity contribution in [3.05, 3.63) is 113 Å². The summed E-state index contributed by atoms with van der Waals surface area (Å²) >= 11 is 12.9. The molecule has 1 aliphatic heterocycles. The molecule has 8 heteroatoms. The number of carbonyl (C=O) groups excluding carboxylic acids is 1. The molecule has 0 spiro atoms. The molecule has 228 valence electrons. The number of para-hydroxylation sites is 1. The maximum atomic E-state index is 15.0. The number of nitrogens with zero attached hydrogens (tertiary/aromatic N) is 2. The van der Waals surface area contributed by atoms with Gasteiger partial charge in [0, 0.05) is 16.0 Å². The predicted octanol–water partition coefficient (Wildman–Crippen LogP) is 8.80. The van der Waals surface area contributed by atoms with Crippen molar-refractivity contribution in [1.29, 1.82) is 0 Å². The van der Waals surface area contributed by atoms with Crippen molar-refractivity contribution >= 4 is 44.8 Å². The molecule has 3 aromatic rings. The predicted molar refractivity (Wildman–Crippen MR) is 177 cm³/mol. The van der Waals surface area contributed by atoms with Crippen LogP contribution in [-0.2, 0) is 14.8 Å². The Morgan fingerprint density at radius 1 is 0.953 bits per heavy atom. The van der Waals surface area contributed by atoms with Gasteiger partial charge in [-0.05, 0) is 80.1 Å². The summed E-state index contributed by atoms with van der Waals surface area (Å²) in [6.45, 7) is 7.90. The Hall–Kier alpha value is -2.80. The van der Waals surface area contributed by atoms with E-state index in [1.54, 1.807) is 11.2 Å². The lowest BCUT2D eigenvalue weighted by Gasteiger charge is -2.57. The van der Waals surface area contributed by atoms with E-state index in [9.17, 15) is 8.42 Å². The fraction of sp³-hybridized carbons (Fsp3) is 0.400. The highest BCUT2D eigenvalue weighted by molar-refractivity contribution is 7.92. The normalized spacial score (nSPS) is 23.7. The molecule has 1 aliphatic carbocycles. The summed E-state index contributed by atoms with van der Waals surface area (Å²) in [6.07, 6.45) is 6.17. The molecule has 1 saturated heterocycles. The van der Waals surface area contributed by atoms with Crippen molar-refractivity contribution in [3.63, 3.8) is 0 Å². The fourth-order valence-electron chi connectivity index (χ4n) is 7.24. The van der Waals surface area contributed by atoms with Gasteiger partial charge in [-0.2, -0.15) is 0 Å². The van der Waals surface area contributed by atoms with E-state index in [1.807, 2.05) is 85.8 Å². The van der Waals surface area contributed by atoms with Gasteiger partial charge in [0.1, 0.15) is 0 Å². The largest absolute Gasteiger partial charge is 0.327 e. The average Bonchev–Trinajstić information content (AvgIpc) is 3.47. The van der Waals surface area contributed by atoms with Gasteiger partial charge < -0.3 is 4.90 Å². The van der Waals surface area contributed by atoms with E-state index in [0.717, 1.165) is 24.0 Å². The topological polar surface area (TPSA) is 57.7 Å². The molecule has 0 radical (unpaired) electrons. The van der Waals surface area contributed by atoms with Crippen LogP contribution in [0.4, 0.5) is 5.69 Å². The molecule has 5 rings (SSSR count). The van der Waals surface area contributed by atoms with Crippen LogP contribution in [0.2, 0.25) is 10.0 Å². The number of amides is 1. The minimum Gasteiger partial charge on any atom is -0.327 e. The third kappa shape index (κ3) is 6.25. The molecule has 0 bridgehead atoms. The van der Waals surface area contributed by atoms with E-state index in [0.29, 0.717) is 41.4 Å². The van der Waals surface area contributed by atoms with E-state index in [4.69, 9.17) is 23.2 Å². The Bertz CT molecular complexity index is 1560. The van der Waals surface area contributed by atoms with Gasteiger partial charge in [-0.3, -0.25) is 9.10 Å². The molecule has 0 N–H and O–H groups in total. The molecule has 2 fully saturated rings. The summed E-state index contributed by atoms with van der Waals surface area (Å²) in [6, 6.07) is 24.6. The van der Waals surface area contributed by atoms with E-state index in [1.165, 1.54) is 0 Å². The Labute approximate surface area is 266 Å². The van der Waals surface area contributed by atoms with Gasteiger partial charge in [0.2, 0.25) is 15.9 Å². The highest BCUT2D eigenvalue weighted by atomic mass is 35.5. The molecule has 1 unspecified atom stereocenters. The van der Waals surface area contributed by atoms with Gasteiger partial charge in [0.25, 0.3) is 0 Å². The van der Waals surface area contributed by atoms with Crippen molar-refractivity contribution in [2.75, 3.05) is 16.6 Å². The molecule has 43 heavy (non-hydrogen) atoms. The first kappa shape index (κ1) is 31.6.